The van der Waals surface area contributed by atoms with Crippen molar-refractivity contribution < 1.29 is 14.0 Å². The number of piperazine rings is 1. The van der Waals surface area contributed by atoms with E-state index in [1.54, 1.807) is 23.1 Å². The first-order valence-electron chi connectivity index (χ1n) is 9.25. The zero-order valence-corrected chi connectivity index (χ0v) is 16.5. The van der Waals surface area contributed by atoms with E-state index < -0.39 is 5.82 Å². The minimum Gasteiger partial charge on any atom is -0.348 e. The zero-order chi connectivity index (χ0) is 20.1. The van der Waals surface area contributed by atoms with E-state index in [2.05, 4.69) is 5.32 Å². The fraction of sp³-hybridized carbons (Fsp3) is 0.333. The molecule has 2 aromatic rings. The molecule has 1 heterocycles. The fourth-order valence-corrected chi connectivity index (χ4v) is 3.61. The molecule has 0 bridgehead atoms. The Morgan fingerprint density at radius 3 is 2.39 bits per heavy atom. The summed E-state index contributed by atoms with van der Waals surface area (Å²) in [5.41, 5.74) is 0.958. The normalized spacial score (nSPS) is 15.9. The van der Waals surface area contributed by atoms with Crippen molar-refractivity contribution in [2.75, 3.05) is 32.7 Å². The predicted octanol–water partition coefficient (Wildman–Crippen LogP) is 3.11. The molecule has 5 nitrogen and oxygen atoms in total. The standard InChI is InChI=1S/C21H23ClFN3O2/c1-15(16-6-2-4-8-18(16)22)24-20(27)14-25-10-12-26(13-11-25)21(28)17-7-3-5-9-19(17)23/h2-9,15H,10-14H2,1H3,(H,24,27). The van der Waals surface area contributed by atoms with E-state index in [-0.39, 0.29) is 30.0 Å². The van der Waals surface area contributed by atoms with Crippen LogP contribution in [-0.2, 0) is 4.79 Å². The predicted molar refractivity (Wildman–Crippen MR) is 107 cm³/mol. The Hall–Kier alpha value is -2.44. The Kier molecular flexibility index (Phi) is 6.65. The molecule has 2 amide bonds. The SMILES string of the molecule is CC(NC(=O)CN1CCN(C(=O)c2ccccc2F)CC1)c1ccccc1Cl. The number of nitrogens with one attached hydrogen (secondary N) is 1. The lowest BCUT2D eigenvalue weighted by atomic mass is 10.1. The highest BCUT2D eigenvalue weighted by Crippen LogP contribution is 2.22. The molecule has 28 heavy (non-hydrogen) atoms. The van der Waals surface area contributed by atoms with E-state index in [0.29, 0.717) is 31.2 Å². The highest BCUT2D eigenvalue weighted by atomic mass is 35.5. The molecule has 0 aliphatic carbocycles. The number of hydrogen-bond donors (Lipinski definition) is 1. The quantitative estimate of drug-likeness (QED) is 0.834. The van der Waals surface area contributed by atoms with Crippen LogP contribution in [0.5, 0.6) is 0 Å². The van der Waals surface area contributed by atoms with Crippen molar-refractivity contribution in [2.24, 2.45) is 0 Å². The van der Waals surface area contributed by atoms with Crippen molar-refractivity contribution in [1.29, 1.82) is 0 Å². The average Bonchev–Trinajstić information content (AvgIpc) is 2.68. The largest absolute Gasteiger partial charge is 0.348 e. The number of halogens is 2. The van der Waals surface area contributed by atoms with Crippen molar-refractivity contribution in [2.45, 2.75) is 13.0 Å². The van der Waals surface area contributed by atoms with Gasteiger partial charge in [0, 0.05) is 31.2 Å². The number of hydrogen-bond acceptors (Lipinski definition) is 3. The van der Waals surface area contributed by atoms with Crippen LogP contribution in [0.25, 0.3) is 0 Å². The molecular weight excluding hydrogens is 381 g/mol. The molecular formula is C21H23ClFN3O2. The van der Waals surface area contributed by atoms with Crippen molar-refractivity contribution in [3.8, 4) is 0 Å². The smallest absolute Gasteiger partial charge is 0.256 e. The Bertz CT molecular complexity index is 853. The van der Waals surface area contributed by atoms with E-state index in [1.165, 1.54) is 12.1 Å². The van der Waals surface area contributed by atoms with Gasteiger partial charge in [0.2, 0.25) is 5.91 Å². The molecule has 0 radical (unpaired) electrons. The lowest BCUT2D eigenvalue weighted by molar-refractivity contribution is -0.123. The summed E-state index contributed by atoms with van der Waals surface area (Å²) in [5.74, 6) is -0.918. The van der Waals surface area contributed by atoms with Gasteiger partial charge in [0.1, 0.15) is 5.82 Å². The van der Waals surface area contributed by atoms with Gasteiger partial charge in [-0.2, -0.15) is 0 Å². The molecule has 2 aromatic carbocycles. The second kappa shape index (κ2) is 9.17. The van der Waals surface area contributed by atoms with Crippen LogP contribution in [0.3, 0.4) is 0 Å². The summed E-state index contributed by atoms with van der Waals surface area (Å²) in [4.78, 5) is 28.4. The summed E-state index contributed by atoms with van der Waals surface area (Å²) >= 11 is 6.18. The average molecular weight is 404 g/mol. The van der Waals surface area contributed by atoms with Gasteiger partial charge in [-0.3, -0.25) is 14.5 Å². The second-order valence-electron chi connectivity index (χ2n) is 6.86. The highest BCUT2D eigenvalue weighted by molar-refractivity contribution is 6.31. The third-order valence-corrected chi connectivity index (χ3v) is 5.22. The lowest BCUT2D eigenvalue weighted by Crippen LogP contribution is -2.51. The monoisotopic (exact) mass is 403 g/mol. The number of rotatable bonds is 5. The molecule has 1 saturated heterocycles. The maximum Gasteiger partial charge on any atom is 0.256 e. The second-order valence-corrected chi connectivity index (χ2v) is 7.27. The van der Waals surface area contributed by atoms with Crippen molar-refractivity contribution in [3.05, 3.63) is 70.5 Å². The minimum atomic E-state index is -0.511. The molecule has 0 spiro atoms. The third kappa shape index (κ3) is 4.88. The molecule has 7 heteroatoms. The van der Waals surface area contributed by atoms with Gasteiger partial charge in [-0.15, -0.1) is 0 Å². The highest BCUT2D eigenvalue weighted by Gasteiger charge is 2.25. The first-order valence-corrected chi connectivity index (χ1v) is 9.63. The Balaban J connectivity index is 1.49. The van der Waals surface area contributed by atoms with Crippen LogP contribution in [0.4, 0.5) is 4.39 Å². The number of amides is 2. The summed E-state index contributed by atoms with van der Waals surface area (Å²) in [6.07, 6.45) is 0. The van der Waals surface area contributed by atoms with Crippen LogP contribution in [0.1, 0.15) is 28.9 Å². The van der Waals surface area contributed by atoms with Gasteiger partial charge < -0.3 is 10.2 Å². The van der Waals surface area contributed by atoms with Crippen LogP contribution in [0, 0.1) is 5.82 Å². The van der Waals surface area contributed by atoms with Gasteiger partial charge in [-0.25, -0.2) is 4.39 Å². The van der Waals surface area contributed by atoms with Gasteiger partial charge in [-0.1, -0.05) is 41.9 Å². The van der Waals surface area contributed by atoms with Gasteiger partial charge in [0.15, 0.2) is 0 Å². The molecule has 1 atom stereocenters. The topological polar surface area (TPSA) is 52.7 Å². The summed E-state index contributed by atoms with van der Waals surface area (Å²) in [5, 5.41) is 3.58. The molecule has 1 N–H and O–H groups in total. The van der Waals surface area contributed by atoms with E-state index >= 15 is 0 Å². The maximum absolute atomic E-state index is 13.8. The number of carbonyl (C=O) groups is 2. The van der Waals surface area contributed by atoms with Crippen molar-refractivity contribution in [3.63, 3.8) is 0 Å². The fourth-order valence-electron chi connectivity index (χ4n) is 3.31. The molecule has 1 aliphatic heterocycles. The molecule has 0 aromatic heterocycles. The molecule has 1 unspecified atom stereocenters. The van der Waals surface area contributed by atoms with E-state index in [9.17, 15) is 14.0 Å². The molecule has 1 fully saturated rings. The van der Waals surface area contributed by atoms with E-state index in [4.69, 9.17) is 11.6 Å². The van der Waals surface area contributed by atoms with Crippen LogP contribution in [-0.4, -0.2) is 54.3 Å². The maximum atomic E-state index is 13.8. The first-order chi connectivity index (χ1) is 13.5. The van der Waals surface area contributed by atoms with Gasteiger partial charge in [0.25, 0.3) is 5.91 Å². The van der Waals surface area contributed by atoms with E-state index in [0.717, 1.165) is 5.56 Å². The van der Waals surface area contributed by atoms with E-state index in [1.807, 2.05) is 30.0 Å². The summed E-state index contributed by atoms with van der Waals surface area (Å²) in [6.45, 7) is 4.18. The van der Waals surface area contributed by atoms with Gasteiger partial charge in [-0.05, 0) is 30.7 Å². The minimum absolute atomic E-state index is 0.0854. The number of nitrogens with zero attached hydrogens (tertiary/aromatic N) is 2. The van der Waals surface area contributed by atoms with Crippen molar-refractivity contribution >= 4 is 23.4 Å². The molecule has 1 aliphatic rings. The molecule has 3 rings (SSSR count). The summed E-state index contributed by atoms with van der Waals surface area (Å²) < 4.78 is 13.8. The van der Waals surface area contributed by atoms with Crippen molar-refractivity contribution in [1.82, 2.24) is 15.1 Å². The number of benzene rings is 2. The lowest BCUT2D eigenvalue weighted by Gasteiger charge is -2.34. The molecule has 0 saturated carbocycles. The number of carbonyl (C=O) groups excluding carboxylic acids is 2. The van der Waals surface area contributed by atoms with Crippen LogP contribution in [0.15, 0.2) is 48.5 Å². The summed E-state index contributed by atoms with van der Waals surface area (Å²) in [7, 11) is 0. The first kappa shape index (κ1) is 20.3. The Labute approximate surface area is 169 Å². The Morgan fingerprint density at radius 1 is 1.07 bits per heavy atom. The molecule has 148 valence electrons. The zero-order valence-electron chi connectivity index (χ0n) is 15.7. The summed E-state index contributed by atoms with van der Waals surface area (Å²) in [6, 6.07) is 13.2. The van der Waals surface area contributed by atoms with Crippen LogP contribution in [0.2, 0.25) is 5.02 Å². The Morgan fingerprint density at radius 2 is 1.71 bits per heavy atom. The third-order valence-electron chi connectivity index (χ3n) is 4.88. The van der Waals surface area contributed by atoms with Gasteiger partial charge in [0.05, 0.1) is 18.2 Å². The van der Waals surface area contributed by atoms with Crippen LogP contribution >= 0.6 is 11.6 Å². The van der Waals surface area contributed by atoms with Gasteiger partial charge >= 0.3 is 0 Å². The van der Waals surface area contributed by atoms with Crippen LogP contribution < -0.4 is 5.32 Å².